The topological polar surface area (TPSA) is 65.0 Å². The smallest absolute Gasteiger partial charge is 0.337 e. The quantitative estimate of drug-likeness (QED) is 0.493. The van der Waals surface area contributed by atoms with Crippen molar-refractivity contribution in [3.8, 4) is 0 Å². The van der Waals surface area contributed by atoms with Crippen LogP contribution in [0.1, 0.15) is 46.5 Å². The average molecular weight is 298 g/mol. The van der Waals surface area contributed by atoms with Crippen molar-refractivity contribution >= 4 is 5.97 Å². The number of methoxy groups -OCH3 is 1. The second-order valence-electron chi connectivity index (χ2n) is 7.06. The highest BCUT2D eigenvalue weighted by molar-refractivity contribution is 5.89. The van der Waals surface area contributed by atoms with E-state index in [1.165, 1.54) is 14.2 Å². The number of allylic oxidation sites excluding steroid dienone is 1. The standard InChI is InChI=1S/C16H26O5/c1-15(2)7-6-8-16(3)12(15)11(17)9-10(14(18)19-4)13(16)21-20-5/h11-12,17H,6-9H2,1-5H3/t11-,12-,16?/m0/s1. The normalized spacial score (nSPS) is 35.1. The molecule has 0 radical (unpaired) electrons. The molecule has 0 aromatic heterocycles. The molecule has 5 nitrogen and oxygen atoms in total. The lowest BCUT2D eigenvalue weighted by atomic mass is 9.51. The molecule has 2 rings (SSSR count). The van der Waals surface area contributed by atoms with Gasteiger partial charge in [-0.05, 0) is 18.3 Å². The van der Waals surface area contributed by atoms with Crippen molar-refractivity contribution in [1.29, 1.82) is 0 Å². The molecule has 2 aliphatic rings. The lowest BCUT2D eigenvalue weighted by Gasteiger charge is -2.55. The number of aliphatic hydroxyl groups is 1. The van der Waals surface area contributed by atoms with Crippen molar-refractivity contribution in [2.75, 3.05) is 14.2 Å². The Morgan fingerprint density at radius 3 is 2.48 bits per heavy atom. The second kappa shape index (κ2) is 5.61. The largest absolute Gasteiger partial charge is 0.466 e. The van der Waals surface area contributed by atoms with Gasteiger partial charge in [-0.25, -0.2) is 4.79 Å². The number of carbonyl (C=O) groups excluding carboxylic acids is 1. The van der Waals surface area contributed by atoms with E-state index in [4.69, 9.17) is 14.5 Å². The molecule has 0 aliphatic heterocycles. The van der Waals surface area contributed by atoms with Gasteiger partial charge in [-0.15, -0.1) is 0 Å². The number of esters is 1. The lowest BCUT2D eigenvalue weighted by molar-refractivity contribution is -0.266. The van der Waals surface area contributed by atoms with Crippen molar-refractivity contribution in [3.05, 3.63) is 11.3 Å². The molecule has 0 amide bonds. The summed E-state index contributed by atoms with van der Waals surface area (Å²) in [6.45, 7) is 6.40. The molecule has 5 heteroatoms. The van der Waals surface area contributed by atoms with E-state index in [9.17, 15) is 9.90 Å². The summed E-state index contributed by atoms with van der Waals surface area (Å²) in [6, 6.07) is 0. The zero-order chi connectivity index (χ0) is 15.8. The summed E-state index contributed by atoms with van der Waals surface area (Å²) in [5.41, 5.74) is -0.0432. The molecular weight excluding hydrogens is 272 g/mol. The van der Waals surface area contributed by atoms with Crippen molar-refractivity contribution in [3.63, 3.8) is 0 Å². The highest BCUT2D eigenvalue weighted by atomic mass is 17.2. The van der Waals surface area contributed by atoms with Gasteiger partial charge in [-0.3, -0.25) is 0 Å². The highest BCUT2D eigenvalue weighted by Crippen LogP contribution is 2.59. The fourth-order valence-corrected chi connectivity index (χ4v) is 4.58. The number of hydrogen-bond acceptors (Lipinski definition) is 5. The average Bonchev–Trinajstić information content (AvgIpc) is 2.39. The van der Waals surface area contributed by atoms with E-state index >= 15 is 0 Å². The van der Waals surface area contributed by atoms with Crippen LogP contribution in [0.4, 0.5) is 0 Å². The molecule has 1 saturated carbocycles. The number of carbonyl (C=O) groups is 1. The minimum absolute atomic E-state index is 0.0174. The van der Waals surface area contributed by atoms with Crippen LogP contribution in [0.3, 0.4) is 0 Å². The number of rotatable bonds is 3. The number of aliphatic hydroxyl groups excluding tert-OH is 1. The SMILES string of the molecule is COOC1=C(C(=O)OC)C[C@H](O)[C@H]2C(C)(C)CCCC12C. The van der Waals surface area contributed by atoms with Crippen molar-refractivity contribution < 1.29 is 24.4 Å². The molecule has 120 valence electrons. The first kappa shape index (κ1) is 16.3. The fourth-order valence-electron chi connectivity index (χ4n) is 4.58. The Morgan fingerprint density at radius 1 is 1.24 bits per heavy atom. The van der Waals surface area contributed by atoms with Crippen molar-refractivity contribution in [2.24, 2.45) is 16.7 Å². The predicted octanol–water partition coefficient (Wildman–Crippen LogP) is 2.59. The van der Waals surface area contributed by atoms with Crippen LogP contribution in [-0.4, -0.2) is 31.4 Å². The van der Waals surface area contributed by atoms with Gasteiger partial charge in [-0.2, -0.15) is 4.89 Å². The Morgan fingerprint density at radius 2 is 1.90 bits per heavy atom. The van der Waals surface area contributed by atoms with Crippen LogP contribution < -0.4 is 0 Å². The molecule has 21 heavy (non-hydrogen) atoms. The van der Waals surface area contributed by atoms with Crippen molar-refractivity contribution in [2.45, 2.75) is 52.6 Å². The second-order valence-corrected chi connectivity index (χ2v) is 7.06. The maximum absolute atomic E-state index is 12.0. The zero-order valence-electron chi connectivity index (χ0n) is 13.6. The highest BCUT2D eigenvalue weighted by Gasteiger charge is 2.57. The van der Waals surface area contributed by atoms with Gasteiger partial charge in [0.25, 0.3) is 0 Å². The van der Waals surface area contributed by atoms with Crippen LogP contribution in [0.25, 0.3) is 0 Å². The number of ether oxygens (including phenoxy) is 1. The molecule has 0 bridgehead atoms. The van der Waals surface area contributed by atoms with Crippen LogP contribution in [-0.2, 0) is 19.3 Å². The molecule has 1 fully saturated rings. The third-order valence-corrected chi connectivity index (χ3v) is 5.23. The van der Waals surface area contributed by atoms with Crippen LogP contribution in [0, 0.1) is 16.7 Å². The van der Waals surface area contributed by atoms with Crippen LogP contribution in [0.15, 0.2) is 11.3 Å². The van der Waals surface area contributed by atoms with Crippen LogP contribution >= 0.6 is 0 Å². The molecule has 0 saturated heterocycles. The Balaban J connectivity index is 2.56. The van der Waals surface area contributed by atoms with Gasteiger partial charge in [0.1, 0.15) is 0 Å². The first-order valence-corrected chi connectivity index (χ1v) is 7.48. The minimum Gasteiger partial charge on any atom is -0.466 e. The van der Waals surface area contributed by atoms with Crippen molar-refractivity contribution in [1.82, 2.24) is 0 Å². The molecule has 1 N–H and O–H groups in total. The molecule has 2 aliphatic carbocycles. The lowest BCUT2D eigenvalue weighted by Crippen LogP contribution is -2.53. The van der Waals surface area contributed by atoms with Gasteiger partial charge in [0, 0.05) is 17.8 Å². The van der Waals surface area contributed by atoms with E-state index < -0.39 is 17.5 Å². The van der Waals surface area contributed by atoms with Crippen LogP contribution in [0.5, 0.6) is 0 Å². The molecule has 1 unspecified atom stereocenters. The summed E-state index contributed by atoms with van der Waals surface area (Å²) < 4.78 is 4.85. The summed E-state index contributed by atoms with van der Waals surface area (Å²) in [5, 5.41) is 10.7. The molecule has 0 aromatic carbocycles. The van der Waals surface area contributed by atoms with E-state index in [-0.39, 0.29) is 17.8 Å². The Kier molecular flexibility index (Phi) is 4.36. The van der Waals surface area contributed by atoms with Gasteiger partial charge in [0.2, 0.25) is 0 Å². The number of hydrogen-bond donors (Lipinski definition) is 1. The molecular formula is C16H26O5. The number of fused-ring (bicyclic) bond motifs is 1. The van der Waals surface area contributed by atoms with E-state index in [1.54, 1.807) is 0 Å². The minimum atomic E-state index is -0.580. The molecule has 3 atom stereocenters. The van der Waals surface area contributed by atoms with Gasteiger partial charge < -0.3 is 14.7 Å². The molecule has 0 aromatic rings. The first-order chi connectivity index (χ1) is 9.78. The Bertz CT molecular complexity index is 454. The predicted molar refractivity (Wildman–Crippen MR) is 77.0 cm³/mol. The van der Waals surface area contributed by atoms with Gasteiger partial charge >= 0.3 is 5.97 Å². The first-order valence-electron chi connectivity index (χ1n) is 7.48. The van der Waals surface area contributed by atoms with E-state index in [0.29, 0.717) is 11.3 Å². The maximum atomic E-state index is 12.0. The van der Waals surface area contributed by atoms with Gasteiger partial charge in [0.15, 0.2) is 5.76 Å². The summed E-state index contributed by atoms with van der Waals surface area (Å²) in [5.74, 6) is 0.0985. The maximum Gasteiger partial charge on any atom is 0.337 e. The fraction of sp³-hybridized carbons (Fsp3) is 0.812. The van der Waals surface area contributed by atoms with Gasteiger partial charge in [-0.1, -0.05) is 27.2 Å². The summed E-state index contributed by atoms with van der Waals surface area (Å²) in [4.78, 5) is 22.3. The summed E-state index contributed by atoms with van der Waals surface area (Å²) in [7, 11) is 2.77. The third-order valence-electron chi connectivity index (χ3n) is 5.23. The zero-order valence-corrected chi connectivity index (χ0v) is 13.6. The third kappa shape index (κ3) is 2.57. The summed E-state index contributed by atoms with van der Waals surface area (Å²) in [6.07, 6.45) is 2.60. The Hall–Kier alpha value is -1.07. The van der Waals surface area contributed by atoms with E-state index in [1.807, 2.05) is 0 Å². The Labute approximate surface area is 126 Å². The van der Waals surface area contributed by atoms with Crippen LogP contribution in [0.2, 0.25) is 0 Å². The molecule has 0 heterocycles. The van der Waals surface area contributed by atoms with E-state index in [2.05, 4.69) is 20.8 Å². The van der Waals surface area contributed by atoms with Gasteiger partial charge in [0.05, 0.1) is 25.9 Å². The molecule has 0 spiro atoms. The van der Waals surface area contributed by atoms with E-state index in [0.717, 1.165) is 19.3 Å². The summed E-state index contributed by atoms with van der Waals surface area (Å²) >= 11 is 0. The monoisotopic (exact) mass is 298 g/mol.